The van der Waals surface area contributed by atoms with E-state index in [4.69, 9.17) is 28.3 Å². The number of aromatic carboxylic acids is 1. The van der Waals surface area contributed by atoms with E-state index in [0.29, 0.717) is 16.4 Å². The first-order valence-electron chi connectivity index (χ1n) is 7.29. The van der Waals surface area contributed by atoms with Crippen LogP contribution in [0.25, 0.3) is 0 Å². The van der Waals surface area contributed by atoms with Crippen molar-refractivity contribution in [2.45, 2.75) is 12.5 Å². The number of hydrogen-bond donors (Lipinski definition) is 2. The highest BCUT2D eigenvalue weighted by atomic mass is 35.5. The van der Waals surface area contributed by atoms with Gasteiger partial charge in [0, 0.05) is 0 Å². The Kier molecular flexibility index (Phi) is 4.65. The maximum absolute atomic E-state index is 12.6. The minimum atomic E-state index is -1.08. The summed E-state index contributed by atoms with van der Waals surface area (Å²) < 4.78 is 0. The van der Waals surface area contributed by atoms with Crippen LogP contribution in [-0.4, -0.2) is 28.9 Å². The smallest absolute Gasteiger partial charge is 0.335 e. The standard InChI is InChI=1S/C17H12Cl2N2O4/c18-11-2-1-3-12(15(11)19)20-13-8-14(22)21(16(13)23)10-6-4-9(5-7-10)17(24)25/h1-7,13,20H,8H2,(H,24,25)/t13-/m1/s1. The number of carbonyl (C=O) groups excluding carboxylic acids is 2. The maximum atomic E-state index is 12.6. The van der Waals surface area contributed by atoms with E-state index in [1.807, 2.05) is 0 Å². The lowest BCUT2D eigenvalue weighted by Crippen LogP contribution is -2.34. The van der Waals surface area contributed by atoms with Gasteiger partial charge in [-0.3, -0.25) is 9.59 Å². The summed E-state index contributed by atoms with van der Waals surface area (Å²) in [5, 5.41) is 12.5. The molecule has 128 valence electrons. The third-order valence-electron chi connectivity index (χ3n) is 3.80. The molecule has 1 fully saturated rings. The molecule has 3 rings (SSSR count). The van der Waals surface area contributed by atoms with Crippen molar-refractivity contribution in [3.8, 4) is 0 Å². The summed E-state index contributed by atoms with van der Waals surface area (Å²) in [6.07, 6.45) is -0.0393. The number of anilines is 2. The van der Waals surface area contributed by atoms with Crippen LogP contribution in [0.15, 0.2) is 42.5 Å². The van der Waals surface area contributed by atoms with Crippen molar-refractivity contribution in [3.63, 3.8) is 0 Å². The molecule has 0 aliphatic carbocycles. The molecule has 1 saturated heterocycles. The zero-order chi connectivity index (χ0) is 18.1. The zero-order valence-electron chi connectivity index (χ0n) is 12.7. The van der Waals surface area contributed by atoms with Gasteiger partial charge in [-0.05, 0) is 36.4 Å². The number of carboxylic acid groups (broad SMARTS) is 1. The van der Waals surface area contributed by atoms with Crippen molar-refractivity contribution in [1.29, 1.82) is 0 Å². The predicted molar refractivity (Wildman–Crippen MR) is 94.4 cm³/mol. The molecule has 0 bridgehead atoms. The zero-order valence-corrected chi connectivity index (χ0v) is 14.2. The van der Waals surface area contributed by atoms with Gasteiger partial charge in [-0.25, -0.2) is 9.69 Å². The van der Waals surface area contributed by atoms with Crippen LogP contribution in [0, 0.1) is 0 Å². The highest BCUT2D eigenvalue weighted by Crippen LogP contribution is 2.32. The van der Waals surface area contributed by atoms with Gasteiger partial charge < -0.3 is 10.4 Å². The van der Waals surface area contributed by atoms with E-state index in [9.17, 15) is 14.4 Å². The maximum Gasteiger partial charge on any atom is 0.335 e. The molecule has 2 aromatic rings. The van der Waals surface area contributed by atoms with Crippen LogP contribution >= 0.6 is 23.2 Å². The molecule has 1 aliphatic heterocycles. The second-order valence-electron chi connectivity index (χ2n) is 5.42. The van der Waals surface area contributed by atoms with E-state index in [1.165, 1.54) is 24.3 Å². The molecule has 2 N–H and O–H groups in total. The summed E-state index contributed by atoms with van der Waals surface area (Å²) in [5.41, 5.74) is 0.855. The Morgan fingerprint density at radius 1 is 1.12 bits per heavy atom. The third-order valence-corrected chi connectivity index (χ3v) is 4.62. The van der Waals surface area contributed by atoms with Gasteiger partial charge in [0.25, 0.3) is 5.91 Å². The lowest BCUT2D eigenvalue weighted by atomic mass is 10.2. The Balaban J connectivity index is 1.82. The van der Waals surface area contributed by atoms with Crippen LogP contribution in [0.2, 0.25) is 10.0 Å². The summed E-state index contributed by atoms with van der Waals surface area (Å²) in [7, 11) is 0. The quantitative estimate of drug-likeness (QED) is 0.795. The highest BCUT2D eigenvalue weighted by molar-refractivity contribution is 6.43. The number of nitrogens with one attached hydrogen (secondary N) is 1. The summed E-state index contributed by atoms with van der Waals surface area (Å²) >= 11 is 12.0. The second-order valence-corrected chi connectivity index (χ2v) is 6.21. The first-order valence-corrected chi connectivity index (χ1v) is 8.05. The van der Waals surface area contributed by atoms with Crippen LogP contribution in [0.3, 0.4) is 0 Å². The normalized spacial score (nSPS) is 17.0. The van der Waals surface area contributed by atoms with Gasteiger partial charge in [-0.2, -0.15) is 0 Å². The molecule has 6 nitrogen and oxygen atoms in total. The van der Waals surface area contributed by atoms with Crippen molar-refractivity contribution in [2.75, 3.05) is 10.2 Å². The van der Waals surface area contributed by atoms with Gasteiger partial charge in [-0.15, -0.1) is 0 Å². The Bertz CT molecular complexity index is 867. The van der Waals surface area contributed by atoms with Crippen molar-refractivity contribution < 1.29 is 19.5 Å². The molecule has 1 atom stereocenters. The number of nitrogens with zero attached hydrogens (tertiary/aromatic N) is 1. The Labute approximate surface area is 153 Å². The number of halogens is 2. The number of amides is 2. The Morgan fingerprint density at radius 2 is 1.80 bits per heavy atom. The van der Waals surface area contributed by atoms with Crippen LogP contribution in [0.1, 0.15) is 16.8 Å². The predicted octanol–water partition coefficient (Wildman–Crippen LogP) is 3.44. The van der Waals surface area contributed by atoms with E-state index < -0.39 is 17.9 Å². The van der Waals surface area contributed by atoms with Gasteiger partial charge >= 0.3 is 5.97 Å². The second kappa shape index (κ2) is 6.74. The van der Waals surface area contributed by atoms with Crippen LogP contribution in [0.4, 0.5) is 11.4 Å². The van der Waals surface area contributed by atoms with Crippen LogP contribution in [-0.2, 0) is 9.59 Å². The molecular formula is C17H12Cl2N2O4. The monoisotopic (exact) mass is 378 g/mol. The first kappa shape index (κ1) is 17.3. The molecule has 0 aromatic heterocycles. The fourth-order valence-corrected chi connectivity index (χ4v) is 2.93. The van der Waals surface area contributed by atoms with Gasteiger partial charge in [-0.1, -0.05) is 29.3 Å². The van der Waals surface area contributed by atoms with Crippen molar-refractivity contribution in [3.05, 3.63) is 58.1 Å². The van der Waals surface area contributed by atoms with E-state index in [-0.39, 0.29) is 22.9 Å². The molecule has 0 saturated carbocycles. The minimum Gasteiger partial charge on any atom is -0.478 e. The molecule has 2 amide bonds. The lowest BCUT2D eigenvalue weighted by Gasteiger charge is -2.17. The summed E-state index contributed by atoms with van der Waals surface area (Å²) in [4.78, 5) is 36.8. The fraction of sp³-hybridized carbons (Fsp3) is 0.118. The van der Waals surface area contributed by atoms with E-state index in [0.717, 1.165) is 4.90 Å². The van der Waals surface area contributed by atoms with Crippen LogP contribution < -0.4 is 10.2 Å². The molecule has 0 spiro atoms. The SMILES string of the molecule is O=C(O)c1ccc(N2C(=O)C[C@@H](Nc3cccc(Cl)c3Cl)C2=O)cc1. The van der Waals surface area contributed by atoms with Gasteiger partial charge in [0.05, 0.1) is 33.4 Å². The fourth-order valence-electron chi connectivity index (χ4n) is 2.57. The Morgan fingerprint density at radius 3 is 2.44 bits per heavy atom. The summed E-state index contributed by atoms with van der Waals surface area (Å²) in [6.45, 7) is 0. The largest absolute Gasteiger partial charge is 0.478 e. The molecule has 0 unspecified atom stereocenters. The van der Waals surface area contributed by atoms with Gasteiger partial charge in [0.1, 0.15) is 6.04 Å². The van der Waals surface area contributed by atoms with E-state index in [1.54, 1.807) is 18.2 Å². The molecule has 1 heterocycles. The number of carbonyl (C=O) groups is 3. The van der Waals surface area contributed by atoms with Crippen LogP contribution in [0.5, 0.6) is 0 Å². The number of carboxylic acids is 1. The van der Waals surface area contributed by atoms with Crippen molar-refractivity contribution >= 4 is 52.4 Å². The number of hydrogen-bond acceptors (Lipinski definition) is 4. The van der Waals surface area contributed by atoms with E-state index >= 15 is 0 Å². The van der Waals surface area contributed by atoms with E-state index in [2.05, 4.69) is 5.32 Å². The Hall–Kier alpha value is -2.57. The third kappa shape index (κ3) is 3.31. The lowest BCUT2D eigenvalue weighted by molar-refractivity contribution is -0.121. The molecule has 2 aromatic carbocycles. The average Bonchev–Trinajstić information content (AvgIpc) is 2.86. The van der Waals surface area contributed by atoms with Crippen molar-refractivity contribution in [1.82, 2.24) is 0 Å². The van der Waals surface area contributed by atoms with Crippen molar-refractivity contribution in [2.24, 2.45) is 0 Å². The molecular weight excluding hydrogens is 367 g/mol. The highest BCUT2D eigenvalue weighted by Gasteiger charge is 2.39. The molecule has 8 heteroatoms. The van der Waals surface area contributed by atoms with Gasteiger partial charge in [0.15, 0.2) is 0 Å². The summed E-state index contributed by atoms with van der Waals surface area (Å²) in [6, 6.07) is 9.72. The van der Waals surface area contributed by atoms with Gasteiger partial charge in [0.2, 0.25) is 5.91 Å². The topological polar surface area (TPSA) is 86.7 Å². The number of imide groups is 1. The molecule has 0 radical (unpaired) electrons. The average molecular weight is 379 g/mol. The molecule has 1 aliphatic rings. The summed E-state index contributed by atoms with van der Waals surface area (Å²) in [5.74, 6) is -1.91. The first-order chi connectivity index (χ1) is 11.9. The number of benzene rings is 2. The minimum absolute atomic E-state index is 0.0393. The molecule has 25 heavy (non-hydrogen) atoms. The number of rotatable bonds is 4.